The van der Waals surface area contributed by atoms with Gasteiger partial charge in [-0.1, -0.05) is 52.3 Å². The van der Waals surface area contributed by atoms with Crippen LogP contribution in [0.2, 0.25) is 0 Å². The van der Waals surface area contributed by atoms with Gasteiger partial charge >= 0.3 is 0 Å². The predicted octanol–water partition coefficient (Wildman–Crippen LogP) is 7.67. The molecular formula is C30H26BrN3O2S. The highest BCUT2D eigenvalue weighted by Gasteiger charge is 2.34. The molecule has 1 saturated heterocycles. The molecule has 2 heterocycles. The van der Waals surface area contributed by atoms with E-state index in [0.29, 0.717) is 16.6 Å². The van der Waals surface area contributed by atoms with Crippen LogP contribution in [0.5, 0.6) is 5.75 Å². The number of benzene rings is 3. The molecule has 0 N–H and O–H groups in total. The lowest BCUT2D eigenvalue weighted by Gasteiger charge is -2.16. The number of methoxy groups -OCH3 is 1. The average Bonchev–Trinajstić information content (AvgIpc) is 3.34. The highest BCUT2D eigenvalue weighted by Crippen LogP contribution is 2.36. The van der Waals surface area contributed by atoms with Gasteiger partial charge in [0, 0.05) is 21.5 Å². The van der Waals surface area contributed by atoms with Crippen molar-refractivity contribution in [2.45, 2.75) is 20.4 Å². The topological polar surface area (TPSA) is 46.8 Å². The molecule has 1 fully saturated rings. The molecule has 0 saturated carbocycles. The maximum Gasteiger partial charge on any atom is 0.267 e. The van der Waals surface area contributed by atoms with Crippen LogP contribution in [-0.4, -0.2) is 27.7 Å². The summed E-state index contributed by atoms with van der Waals surface area (Å²) in [5, 5.41) is 0.666. The van der Waals surface area contributed by atoms with Gasteiger partial charge in [0.1, 0.15) is 5.75 Å². The quantitative estimate of drug-likeness (QED) is 0.223. The van der Waals surface area contributed by atoms with E-state index in [1.165, 1.54) is 11.8 Å². The molecule has 3 aromatic carbocycles. The van der Waals surface area contributed by atoms with E-state index in [9.17, 15) is 4.79 Å². The smallest absolute Gasteiger partial charge is 0.267 e. The Balaban J connectivity index is 1.51. The summed E-state index contributed by atoms with van der Waals surface area (Å²) in [6.07, 6.45) is 1.98. The molecule has 1 aliphatic heterocycles. The molecule has 37 heavy (non-hydrogen) atoms. The Morgan fingerprint density at radius 3 is 2.43 bits per heavy atom. The molecule has 1 aromatic heterocycles. The molecule has 186 valence electrons. The number of aromatic nitrogens is 1. The van der Waals surface area contributed by atoms with Gasteiger partial charge in [-0.25, -0.2) is 4.99 Å². The minimum Gasteiger partial charge on any atom is -0.497 e. The van der Waals surface area contributed by atoms with Crippen LogP contribution < -0.4 is 4.74 Å². The largest absolute Gasteiger partial charge is 0.497 e. The maximum atomic E-state index is 13.7. The zero-order valence-corrected chi connectivity index (χ0v) is 23.2. The first kappa shape index (κ1) is 25.1. The first-order valence-electron chi connectivity index (χ1n) is 11.9. The summed E-state index contributed by atoms with van der Waals surface area (Å²) >= 11 is 4.98. The Labute approximate surface area is 229 Å². The molecule has 7 heteroatoms. The number of carbonyl (C=O) groups is 1. The minimum atomic E-state index is -0.0530. The lowest BCUT2D eigenvalue weighted by Crippen LogP contribution is -2.28. The van der Waals surface area contributed by atoms with Crippen molar-refractivity contribution in [2.75, 3.05) is 7.11 Å². The maximum absolute atomic E-state index is 13.7. The molecular weight excluding hydrogens is 546 g/mol. The molecule has 0 spiro atoms. The van der Waals surface area contributed by atoms with E-state index in [4.69, 9.17) is 9.73 Å². The third-order valence-corrected chi connectivity index (χ3v) is 7.69. The van der Waals surface area contributed by atoms with Crippen LogP contribution in [-0.2, 0) is 11.3 Å². The lowest BCUT2D eigenvalue weighted by atomic mass is 10.2. The highest BCUT2D eigenvalue weighted by molar-refractivity contribution is 9.10. The Hall–Kier alpha value is -3.55. The van der Waals surface area contributed by atoms with Gasteiger partial charge in [-0.2, -0.15) is 0 Å². The third kappa shape index (κ3) is 5.43. The average molecular weight is 573 g/mol. The summed E-state index contributed by atoms with van der Waals surface area (Å²) in [6.45, 7) is 4.59. The summed E-state index contributed by atoms with van der Waals surface area (Å²) in [6, 6.07) is 27.8. The van der Waals surface area contributed by atoms with E-state index >= 15 is 0 Å². The van der Waals surface area contributed by atoms with Crippen molar-refractivity contribution in [1.29, 1.82) is 0 Å². The molecule has 1 aliphatic rings. The molecule has 4 aromatic rings. The number of aliphatic imine (C=N–C) groups is 1. The van der Waals surface area contributed by atoms with Gasteiger partial charge in [-0.15, -0.1) is 0 Å². The summed E-state index contributed by atoms with van der Waals surface area (Å²) < 4.78 is 8.51. The Kier molecular flexibility index (Phi) is 7.35. The van der Waals surface area contributed by atoms with Gasteiger partial charge in [0.15, 0.2) is 5.17 Å². The van der Waals surface area contributed by atoms with Crippen LogP contribution in [0.4, 0.5) is 5.69 Å². The normalized spacial score (nSPS) is 15.7. The zero-order valence-electron chi connectivity index (χ0n) is 20.8. The second kappa shape index (κ2) is 10.8. The van der Waals surface area contributed by atoms with E-state index in [2.05, 4.69) is 52.5 Å². The molecule has 5 rings (SSSR count). The summed E-state index contributed by atoms with van der Waals surface area (Å²) in [5.41, 5.74) is 6.08. The predicted molar refractivity (Wildman–Crippen MR) is 156 cm³/mol. The summed E-state index contributed by atoms with van der Waals surface area (Å²) in [4.78, 5) is 20.9. The fraction of sp³-hybridized carbons (Fsp3) is 0.133. The Morgan fingerprint density at radius 2 is 1.73 bits per heavy atom. The minimum absolute atomic E-state index is 0.0530. The molecule has 0 unspecified atom stereocenters. The number of carbonyl (C=O) groups excluding carboxylic acids is 1. The Morgan fingerprint density at radius 1 is 0.973 bits per heavy atom. The van der Waals surface area contributed by atoms with Crippen molar-refractivity contribution >= 4 is 50.5 Å². The highest BCUT2D eigenvalue weighted by atomic mass is 79.9. The molecule has 0 radical (unpaired) electrons. The zero-order chi connectivity index (χ0) is 25.9. The molecule has 0 atom stereocenters. The van der Waals surface area contributed by atoms with Gasteiger partial charge in [-0.3, -0.25) is 9.69 Å². The fourth-order valence-corrected chi connectivity index (χ4v) is 5.72. The fourth-order valence-electron chi connectivity index (χ4n) is 4.34. The number of amidine groups is 1. The van der Waals surface area contributed by atoms with Crippen LogP contribution >= 0.6 is 27.7 Å². The molecule has 1 amide bonds. The van der Waals surface area contributed by atoms with Gasteiger partial charge in [-0.05, 0) is 91.3 Å². The van der Waals surface area contributed by atoms with Gasteiger partial charge < -0.3 is 9.30 Å². The van der Waals surface area contributed by atoms with E-state index in [0.717, 1.165) is 44.1 Å². The van der Waals surface area contributed by atoms with Gasteiger partial charge in [0.05, 0.1) is 24.2 Å². The van der Waals surface area contributed by atoms with E-state index in [-0.39, 0.29) is 5.91 Å². The van der Waals surface area contributed by atoms with Crippen LogP contribution in [0.25, 0.3) is 11.8 Å². The standard InChI is InChI=1S/C30H26BrN3O2S/c1-20-16-23(21(2)34(20)26-11-7-8-24(31)18-26)17-28-29(35)33(19-22-12-14-27(36-3)15-13-22)30(37-28)32-25-9-5-4-6-10-25/h4-18H,19H2,1-3H3/b28-17-,32-30?. The number of para-hydroxylation sites is 1. The Bertz CT molecular complexity index is 1510. The molecule has 5 nitrogen and oxygen atoms in total. The van der Waals surface area contributed by atoms with Gasteiger partial charge in [0.25, 0.3) is 5.91 Å². The van der Waals surface area contributed by atoms with E-state index < -0.39 is 0 Å². The number of halogens is 1. The summed E-state index contributed by atoms with van der Waals surface area (Å²) in [5.74, 6) is 0.730. The summed E-state index contributed by atoms with van der Waals surface area (Å²) in [7, 11) is 1.64. The van der Waals surface area contributed by atoms with Crippen molar-refractivity contribution < 1.29 is 9.53 Å². The molecule has 0 bridgehead atoms. The van der Waals surface area contributed by atoms with E-state index in [1.54, 1.807) is 12.0 Å². The van der Waals surface area contributed by atoms with Crippen molar-refractivity contribution in [2.24, 2.45) is 4.99 Å². The van der Waals surface area contributed by atoms with E-state index in [1.807, 2.05) is 72.8 Å². The van der Waals surface area contributed by atoms with Crippen LogP contribution in [0.15, 0.2) is 99.3 Å². The second-order valence-corrected chi connectivity index (χ2v) is 10.6. The number of nitrogens with zero attached hydrogens (tertiary/aromatic N) is 3. The van der Waals surface area contributed by atoms with Crippen LogP contribution in [0.1, 0.15) is 22.5 Å². The lowest BCUT2D eigenvalue weighted by molar-refractivity contribution is -0.122. The number of thioether (sulfide) groups is 1. The monoisotopic (exact) mass is 571 g/mol. The number of aryl methyl sites for hydroxylation is 1. The van der Waals surface area contributed by atoms with Gasteiger partial charge in [0.2, 0.25) is 0 Å². The van der Waals surface area contributed by atoms with Crippen LogP contribution in [0.3, 0.4) is 0 Å². The van der Waals surface area contributed by atoms with Crippen molar-refractivity contribution in [3.05, 3.63) is 117 Å². The molecule has 0 aliphatic carbocycles. The third-order valence-electron chi connectivity index (χ3n) is 6.19. The number of ether oxygens (including phenoxy) is 1. The van der Waals surface area contributed by atoms with Crippen LogP contribution in [0, 0.1) is 13.8 Å². The van der Waals surface area contributed by atoms with Crippen molar-refractivity contribution in [3.63, 3.8) is 0 Å². The van der Waals surface area contributed by atoms with Crippen molar-refractivity contribution in [3.8, 4) is 11.4 Å². The SMILES string of the molecule is COc1ccc(CN2C(=O)/C(=C/c3cc(C)n(-c4cccc(Br)c4)c3C)SC2=Nc2ccccc2)cc1. The second-order valence-electron chi connectivity index (χ2n) is 8.72. The van der Waals surface area contributed by atoms with Crippen molar-refractivity contribution in [1.82, 2.24) is 9.47 Å². The first-order chi connectivity index (χ1) is 17.9. The first-order valence-corrected chi connectivity index (χ1v) is 13.5. The number of rotatable bonds is 6. The number of hydrogen-bond donors (Lipinski definition) is 0. The number of amides is 1. The number of hydrogen-bond acceptors (Lipinski definition) is 4.